The molecule has 1 amide bonds. The van der Waals surface area contributed by atoms with Crippen molar-refractivity contribution < 1.29 is 22.7 Å². The molecule has 0 bridgehead atoms. The molecule has 3 heterocycles. The highest BCUT2D eigenvalue weighted by molar-refractivity contribution is 6.37. The molecule has 0 radical (unpaired) electrons. The van der Waals surface area contributed by atoms with Gasteiger partial charge in [-0.1, -0.05) is 42.4 Å². The van der Waals surface area contributed by atoms with Crippen molar-refractivity contribution in [3.05, 3.63) is 71.8 Å². The van der Waals surface area contributed by atoms with E-state index in [2.05, 4.69) is 11.6 Å². The zero-order valence-electron chi connectivity index (χ0n) is 23.9. The molecule has 0 N–H and O–H groups in total. The maximum atomic E-state index is 16.0. The Morgan fingerprint density at radius 1 is 1.12 bits per heavy atom. The number of benzene rings is 3. The summed E-state index contributed by atoms with van der Waals surface area (Å²) in [5.74, 6) is -0.836. The molecule has 4 aromatic rings. The van der Waals surface area contributed by atoms with Gasteiger partial charge in [0.2, 0.25) is 5.91 Å². The highest BCUT2D eigenvalue weighted by Crippen LogP contribution is 2.39. The molecule has 0 spiro atoms. The van der Waals surface area contributed by atoms with E-state index in [9.17, 15) is 13.6 Å². The third kappa shape index (κ3) is 5.49. The number of likely N-dealkylation sites (tertiary alicyclic amines) is 1. The number of hydrogen-bond donors (Lipinski definition) is 0. The summed E-state index contributed by atoms with van der Waals surface area (Å²) in [6, 6.07) is 10.9. The van der Waals surface area contributed by atoms with Crippen molar-refractivity contribution in [3.63, 3.8) is 0 Å². The number of amides is 1. The van der Waals surface area contributed by atoms with Gasteiger partial charge in [0, 0.05) is 54.6 Å². The average Bonchev–Trinajstić information content (AvgIpc) is 3.33. The second kappa shape index (κ2) is 11.7. The zero-order valence-corrected chi connectivity index (χ0v) is 24.6. The van der Waals surface area contributed by atoms with E-state index < -0.39 is 17.8 Å². The van der Waals surface area contributed by atoms with Crippen molar-refractivity contribution in [1.29, 1.82) is 0 Å². The third-order valence-electron chi connectivity index (χ3n) is 8.40. The molecule has 3 aromatic carbocycles. The van der Waals surface area contributed by atoms with Crippen molar-refractivity contribution >= 4 is 45.0 Å². The first-order valence-electron chi connectivity index (χ1n) is 14.2. The molecule has 43 heavy (non-hydrogen) atoms. The second-order valence-corrected chi connectivity index (χ2v) is 11.6. The Labute approximate surface area is 252 Å². The Balaban J connectivity index is 1.46. The van der Waals surface area contributed by atoms with E-state index in [1.807, 2.05) is 23.8 Å². The highest BCUT2D eigenvalue weighted by Gasteiger charge is 2.32. The Hall–Kier alpha value is -3.89. The fourth-order valence-corrected chi connectivity index (χ4v) is 6.39. The van der Waals surface area contributed by atoms with Crippen LogP contribution in [0.3, 0.4) is 0 Å². The molecule has 2 fully saturated rings. The van der Waals surface area contributed by atoms with Crippen LogP contribution in [-0.4, -0.2) is 83.8 Å². The predicted molar refractivity (Wildman–Crippen MR) is 162 cm³/mol. The largest absolute Gasteiger partial charge is 0.462 e. The molecule has 3 atom stereocenters. The number of rotatable bonds is 6. The molecule has 0 aliphatic carbocycles. The van der Waals surface area contributed by atoms with Gasteiger partial charge in [-0.3, -0.25) is 9.69 Å². The van der Waals surface area contributed by atoms with Crippen LogP contribution in [0.5, 0.6) is 6.01 Å². The van der Waals surface area contributed by atoms with Gasteiger partial charge in [-0.25, -0.2) is 13.2 Å². The summed E-state index contributed by atoms with van der Waals surface area (Å²) in [6.07, 6.45) is 0.713. The third-order valence-corrected chi connectivity index (χ3v) is 8.77. The van der Waals surface area contributed by atoms with Crippen LogP contribution in [-0.2, 0) is 4.79 Å². The van der Waals surface area contributed by atoms with Crippen LogP contribution in [0.1, 0.15) is 13.3 Å². The second-order valence-electron chi connectivity index (χ2n) is 11.2. The summed E-state index contributed by atoms with van der Waals surface area (Å²) in [7, 11) is 1.85. The van der Waals surface area contributed by atoms with Gasteiger partial charge in [-0.05, 0) is 55.6 Å². The van der Waals surface area contributed by atoms with Crippen LogP contribution in [0.25, 0.3) is 32.8 Å². The van der Waals surface area contributed by atoms with Gasteiger partial charge in [-0.2, -0.15) is 9.97 Å². The van der Waals surface area contributed by atoms with Crippen LogP contribution in [0.15, 0.2) is 55.1 Å². The lowest BCUT2D eigenvalue weighted by Crippen LogP contribution is -2.53. The number of hydrogen-bond acceptors (Lipinski definition) is 6. The number of carbonyl (C=O) groups excluding carboxylic acids is 1. The molecule has 0 unspecified atom stereocenters. The summed E-state index contributed by atoms with van der Waals surface area (Å²) in [5, 5.41) is 1.44. The summed E-state index contributed by atoms with van der Waals surface area (Å²) < 4.78 is 50.5. The van der Waals surface area contributed by atoms with E-state index in [0.717, 1.165) is 0 Å². The molecular weight excluding hydrogens is 579 g/mol. The van der Waals surface area contributed by atoms with Crippen molar-refractivity contribution in [3.8, 4) is 17.1 Å². The van der Waals surface area contributed by atoms with Crippen LogP contribution in [0, 0.1) is 11.6 Å². The summed E-state index contributed by atoms with van der Waals surface area (Å²) >= 11 is 6.38. The van der Waals surface area contributed by atoms with E-state index in [4.69, 9.17) is 21.3 Å². The standard InChI is InChI=1S/C32H31ClF3N5O2/c1-4-28(42)40-10-11-41(18(2)15-40)31-24-13-26(36)23(22-7-5-6-19-8-9-25(35)30(33)29(19)22)14-27(24)37-32(38-31)43-17-21-12-20(34)16-39(21)3/h4-9,13-14,18,20-21H,1,10-12,15-17H2,2-3H3/t18-,20+,21-/m0/s1. The number of nitrogens with zero attached hydrogens (tertiary/aromatic N) is 5. The number of aromatic nitrogens is 2. The molecule has 7 nitrogen and oxygen atoms in total. The highest BCUT2D eigenvalue weighted by atomic mass is 35.5. The van der Waals surface area contributed by atoms with Gasteiger partial charge < -0.3 is 14.5 Å². The fraction of sp³-hybridized carbons (Fsp3) is 0.344. The number of carbonyl (C=O) groups is 1. The summed E-state index contributed by atoms with van der Waals surface area (Å²) in [5.41, 5.74) is 1.04. The Bertz CT molecular complexity index is 1740. The summed E-state index contributed by atoms with van der Waals surface area (Å²) in [6.45, 7) is 7.38. The monoisotopic (exact) mass is 609 g/mol. The van der Waals surface area contributed by atoms with Crippen molar-refractivity contribution in [2.45, 2.75) is 31.6 Å². The van der Waals surface area contributed by atoms with E-state index in [0.29, 0.717) is 65.7 Å². The Kier molecular flexibility index (Phi) is 7.91. The van der Waals surface area contributed by atoms with E-state index in [-0.39, 0.29) is 41.2 Å². The molecule has 2 aliphatic heterocycles. The van der Waals surface area contributed by atoms with Crippen molar-refractivity contribution in [2.75, 3.05) is 44.7 Å². The number of anilines is 1. The quantitative estimate of drug-likeness (QED) is 0.249. The van der Waals surface area contributed by atoms with Gasteiger partial charge in [0.05, 0.1) is 10.5 Å². The van der Waals surface area contributed by atoms with E-state index in [1.165, 1.54) is 18.2 Å². The molecule has 2 aliphatic rings. The number of alkyl halides is 1. The predicted octanol–water partition coefficient (Wildman–Crippen LogP) is 6.03. The molecule has 6 rings (SSSR count). The minimum Gasteiger partial charge on any atom is -0.462 e. The maximum absolute atomic E-state index is 16.0. The lowest BCUT2D eigenvalue weighted by atomic mass is 9.96. The lowest BCUT2D eigenvalue weighted by Gasteiger charge is -2.40. The van der Waals surface area contributed by atoms with Crippen LogP contribution in [0.4, 0.5) is 19.0 Å². The van der Waals surface area contributed by atoms with Crippen LogP contribution >= 0.6 is 11.6 Å². The molecule has 224 valence electrons. The molecule has 11 heteroatoms. The number of likely N-dealkylation sites (N-methyl/N-ethyl adjacent to an activating group) is 1. The van der Waals surface area contributed by atoms with Crippen molar-refractivity contribution in [2.24, 2.45) is 0 Å². The van der Waals surface area contributed by atoms with Crippen LogP contribution < -0.4 is 9.64 Å². The number of ether oxygens (including phenoxy) is 1. The number of piperazine rings is 1. The van der Waals surface area contributed by atoms with Gasteiger partial charge in [0.1, 0.15) is 30.2 Å². The van der Waals surface area contributed by atoms with Crippen LogP contribution in [0.2, 0.25) is 5.02 Å². The zero-order chi connectivity index (χ0) is 30.4. The first-order valence-corrected chi connectivity index (χ1v) is 14.6. The van der Waals surface area contributed by atoms with Gasteiger partial charge >= 0.3 is 6.01 Å². The molecule has 2 saturated heterocycles. The molecular formula is C32H31ClF3N5O2. The fourth-order valence-electron chi connectivity index (χ4n) is 6.11. The normalized spacial score (nSPS) is 21.1. The SMILES string of the molecule is C=CC(=O)N1CCN(c2nc(OC[C@@H]3C[C@@H](F)CN3C)nc3cc(-c4cccc5ccc(F)c(Cl)c45)c(F)cc23)[C@@H](C)C1. The number of fused-ring (bicyclic) bond motifs is 2. The van der Waals surface area contributed by atoms with E-state index >= 15 is 4.39 Å². The Morgan fingerprint density at radius 2 is 1.93 bits per heavy atom. The van der Waals surface area contributed by atoms with Crippen molar-refractivity contribution in [1.82, 2.24) is 19.8 Å². The first-order chi connectivity index (χ1) is 20.6. The lowest BCUT2D eigenvalue weighted by molar-refractivity contribution is -0.126. The van der Waals surface area contributed by atoms with E-state index in [1.54, 1.807) is 35.2 Å². The topological polar surface area (TPSA) is 61.8 Å². The number of halogens is 4. The maximum Gasteiger partial charge on any atom is 0.319 e. The van der Waals surface area contributed by atoms with Gasteiger partial charge in [0.15, 0.2) is 0 Å². The molecule has 1 aromatic heterocycles. The summed E-state index contributed by atoms with van der Waals surface area (Å²) in [4.78, 5) is 27.2. The van der Waals surface area contributed by atoms with Gasteiger partial charge in [-0.15, -0.1) is 0 Å². The van der Waals surface area contributed by atoms with Gasteiger partial charge in [0.25, 0.3) is 0 Å². The molecule has 0 saturated carbocycles. The average molecular weight is 610 g/mol. The Morgan fingerprint density at radius 3 is 2.65 bits per heavy atom. The minimum atomic E-state index is -0.926. The smallest absolute Gasteiger partial charge is 0.319 e. The first kappa shape index (κ1) is 29.2. The minimum absolute atomic E-state index is 0.0783.